The van der Waals surface area contributed by atoms with Crippen LogP contribution < -0.4 is 5.32 Å². The van der Waals surface area contributed by atoms with Gasteiger partial charge in [-0.3, -0.25) is 4.68 Å². The molecule has 108 valence electrons. The monoisotopic (exact) mass is 279 g/mol. The van der Waals surface area contributed by atoms with E-state index in [1.165, 1.54) is 12.1 Å². The maximum Gasteiger partial charge on any atom is 0.126 e. The van der Waals surface area contributed by atoms with E-state index in [0.29, 0.717) is 12.1 Å². The molecule has 0 fully saturated rings. The van der Waals surface area contributed by atoms with Gasteiger partial charge in [0.1, 0.15) is 11.6 Å². The molecule has 20 heavy (non-hydrogen) atoms. The molecular weight excluding hydrogens is 260 g/mol. The first-order valence-corrected chi connectivity index (χ1v) is 6.71. The van der Waals surface area contributed by atoms with Gasteiger partial charge in [-0.1, -0.05) is 0 Å². The van der Waals surface area contributed by atoms with Crippen molar-refractivity contribution in [2.45, 2.75) is 33.4 Å². The lowest BCUT2D eigenvalue weighted by atomic mass is 10.2. The molecular formula is C15H19F2N3. The number of nitrogens with zero attached hydrogens (tertiary/aromatic N) is 2. The van der Waals surface area contributed by atoms with Gasteiger partial charge in [0.2, 0.25) is 0 Å². The number of nitrogens with one attached hydrogen (secondary N) is 1. The quantitative estimate of drug-likeness (QED) is 0.824. The highest BCUT2D eigenvalue weighted by molar-refractivity contribution is 5.17. The largest absolute Gasteiger partial charge is 0.313 e. The number of hydrogen-bond acceptors (Lipinski definition) is 2. The summed E-state index contributed by atoms with van der Waals surface area (Å²) in [6, 6.07) is 5.61. The Bertz CT molecular complexity index is 558. The molecule has 2 aromatic rings. The number of halogens is 2. The lowest BCUT2D eigenvalue weighted by Crippen LogP contribution is -2.17. The average molecular weight is 279 g/mol. The van der Waals surface area contributed by atoms with Gasteiger partial charge in [-0.25, -0.2) is 8.78 Å². The normalized spacial score (nSPS) is 11.0. The molecule has 1 aromatic carbocycles. The second kappa shape index (κ2) is 6.61. The van der Waals surface area contributed by atoms with E-state index in [1.807, 2.05) is 24.6 Å². The highest BCUT2D eigenvalue weighted by Crippen LogP contribution is 2.07. The summed E-state index contributed by atoms with van der Waals surface area (Å²) in [5.41, 5.74) is 2.79. The fourth-order valence-corrected chi connectivity index (χ4v) is 2.20. The lowest BCUT2D eigenvalue weighted by Gasteiger charge is -2.07. The van der Waals surface area contributed by atoms with Crippen LogP contribution in [0.4, 0.5) is 8.78 Å². The highest BCUT2D eigenvalue weighted by Gasteiger charge is 2.02. The van der Waals surface area contributed by atoms with Gasteiger partial charge >= 0.3 is 0 Å². The van der Waals surface area contributed by atoms with E-state index in [4.69, 9.17) is 0 Å². The fraction of sp³-hybridized carbons (Fsp3) is 0.400. The van der Waals surface area contributed by atoms with Gasteiger partial charge in [0, 0.05) is 24.8 Å². The van der Waals surface area contributed by atoms with Crippen molar-refractivity contribution >= 4 is 0 Å². The van der Waals surface area contributed by atoms with Crippen LogP contribution in [0.3, 0.4) is 0 Å². The summed E-state index contributed by atoms with van der Waals surface area (Å²) in [7, 11) is 0. The standard InChI is InChI=1S/C15H19F2N3/c1-11-6-12(2)20(19-11)5-3-4-18-10-13-7-14(16)9-15(17)8-13/h6-9,18H,3-5,10H2,1-2H3. The molecule has 0 aliphatic heterocycles. The molecule has 0 saturated heterocycles. The minimum Gasteiger partial charge on any atom is -0.313 e. The molecule has 0 spiro atoms. The smallest absolute Gasteiger partial charge is 0.126 e. The Labute approximate surface area is 117 Å². The summed E-state index contributed by atoms with van der Waals surface area (Å²) in [6.45, 7) is 6.08. The highest BCUT2D eigenvalue weighted by atomic mass is 19.1. The number of aromatic nitrogens is 2. The Morgan fingerprint density at radius 3 is 2.40 bits per heavy atom. The maximum atomic E-state index is 13.0. The van der Waals surface area contributed by atoms with Crippen LogP contribution in [0, 0.1) is 25.5 Å². The molecule has 0 aliphatic carbocycles. The fourth-order valence-electron chi connectivity index (χ4n) is 2.20. The van der Waals surface area contributed by atoms with Crippen molar-refractivity contribution in [2.24, 2.45) is 0 Å². The maximum absolute atomic E-state index is 13.0. The molecule has 3 nitrogen and oxygen atoms in total. The molecule has 0 unspecified atom stereocenters. The summed E-state index contributed by atoms with van der Waals surface area (Å²) in [4.78, 5) is 0. The minimum absolute atomic E-state index is 0.464. The van der Waals surface area contributed by atoms with Gasteiger partial charge in [0.05, 0.1) is 5.69 Å². The summed E-state index contributed by atoms with van der Waals surface area (Å²) < 4.78 is 28.0. The first-order chi connectivity index (χ1) is 9.54. The second-order valence-corrected chi connectivity index (χ2v) is 4.96. The van der Waals surface area contributed by atoms with Gasteiger partial charge in [0.15, 0.2) is 0 Å². The molecule has 0 atom stereocenters. The van der Waals surface area contributed by atoms with Crippen LogP contribution in [0.2, 0.25) is 0 Å². The number of rotatable bonds is 6. The van der Waals surface area contributed by atoms with Crippen LogP contribution in [0.1, 0.15) is 23.4 Å². The zero-order valence-corrected chi connectivity index (χ0v) is 11.8. The third kappa shape index (κ3) is 4.13. The van der Waals surface area contributed by atoms with E-state index < -0.39 is 11.6 Å². The third-order valence-corrected chi connectivity index (χ3v) is 3.08. The van der Waals surface area contributed by atoms with Gasteiger partial charge in [-0.05, 0) is 50.6 Å². The van der Waals surface area contributed by atoms with Crippen LogP contribution in [0.15, 0.2) is 24.3 Å². The van der Waals surface area contributed by atoms with E-state index in [-0.39, 0.29) is 0 Å². The van der Waals surface area contributed by atoms with Crippen molar-refractivity contribution in [3.05, 3.63) is 52.9 Å². The zero-order valence-electron chi connectivity index (χ0n) is 11.8. The van der Waals surface area contributed by atoms with Crippen LogP contribution in [-0.2, 0) is 13.1 Å². The molecule has 5 heteroatoms. The van der Waals surface area contributed by atoms with E-state index in [1.54, 1.807) is 0 Å². The second-order valence-electron chi connectivity index (χ2n) is 4.96. The Morgan fingerprint density at radius 1 is 1.10 bits per heavy atom. The molecule has 1 aromatic heterocycles. The Balaban J connectivity index is 1.72. The van der Waals surface area contributed by atoms with E-state index in [2.05, 4.69) is 10.4 Å². The molecule has 0 amide bonds. The Hall–Kier alpha value is -1.75. The summed E-state index contributed by atoms with van der Waals surface area (Å²) in [5.74, 6) is -1.08. The Kier molecular flexibility index (Phi) is 4.84. The molecule has 0 aliphatic rings. The molecule has 1 N–H and O–H groups in total. The van der Waals surface area contributed by atoms with Gasteiger partial charge in [-0.15, -0.1) is 0 Å². The third-order valence-electron chi connectivity index (χ3n) is 3.08. The van der Waals surface area contributed by atoms with Gasteiger partial charge < -0.3 is 5.32 Å². The first kappa shape index (κ1) is 14.7. The topological polar surface area (TPSA) is 29.9 Å². The predicted molar refractivity (Wildman–Crippen MR) is 74.4 cm³/mol. The molecule has 2 rings (SSSR count). The molecule has 0 radical (unpaired) electrons. The predicted octanol–water partition coefficient (Wildman–Crippen LogP) is 2.96. The molecule has 1 heterocycles. The van der Waals surface area contributed by atoms with Crippen LogP contribution in [-0.4, -0.2) is 16.3 Å². The van der Waals surface area contributed by atoms with Crippen molar-refractivity contribution in [3.8, 4) is 0 Å². The van der Waals surface area contributed by atoms with Crippen molar-refractivity contribution in [1.82, 2.24) is 15.1 Å². The summed E-state index contributed by atoms with van der Waals surface area (Å²) in [5, 5.41) is 7.56. The van der Waals surface area contributed by atoms with Crippen molar-refractivity contribution in [1.29, 1.82) is 0 Å². The van der Waals surface area contributed by atoms with E-state index >= 15 is 0 Å². The van der Waals surface area contributed by atoms with Gasteiger partial charge in [0.25, 0.3) is 0 Å². The number of hydrogen-bond donors (Lipinski definition) is 1. The zero-order chi connectivity index (χ0) is 14.5. The number of benzene rings is 1. The average Bonchev–Trinajstić information content (AvgIpc) is 2.66. The minimum atomic E-state index is -0.538. The van der Waals surface area contributed by atoms with Crippen LogP contribution >= 0.6 is 0 Å². The Morgan fingerprint density at radius 2 is 1.80 bits per heavy atom. The van der Waals surface area contributed by atoms with Crippen LogP contribution in [0.5, 0.6) is 0 Å². The lowest BCUT2D eigenvalue weighted by molar-refractivity contribution is 0.529. The summed E-state index contributed by atoms with van der Waals surface area (Å²) >= 11 is 0. The van der Waals surface area contributed by atoms with Crippen LogP contribution in [0.25, 0.3) is 0 Å². The van der Waals surface area contributed by atoms with Gasteiger partial charge in [-0.2, -0.15) is 5.10 Å². The van der Waals surface area contributed by atoms with Crippen molar-refractivity contribution < 1.29 is 8.78 Å². The SMILES string of the molecule is Cc1cc(C)n(CCCNCc2cc(F)cc(F)c2)n1. The summed E-state index contributed by atoms with van der Waals surface area (Å²) in [6.07, 6.45) is 0.916. The molecule has 0 bridgehead atoms. The molecule has 0 saturated carbocycles. The number of aryl methyl sites for hydroxylation is 3. The first-order valence-electron chi connectivity index (χ1n) is 6.71. The van der Waals surface area contributed by atoms with Crippen molar-refractivity contribution in [3.63, 3.8) is 0 Å². The van der Waals surface area contributed by atoms with E-state index in [9.17, 15) is 8.78 Å². The van der Waals surface area contributed by atoms with E-state index in [0.717, 1.165) is 37.0 Å². The van der Waals surface area contributed by atoms with Crippen molar-refractivity contribution in [2.75, 3.05) is 6.54 Å².